The molecule has 1 aliphatic carbocycles. The third-order valence-electron chi connectivity index (χ3n) is 6.55. The van der Waals surface area contributed by atoms with Crippen molar-refractivity contribution in [3.63, 3.8) is 0 Å². The number of esters is 1. The van der Waals surface area contributed by atoms with E-state index in [9.17, 15) is 9.59 Å². The fourth-order valence-corrected chi connectivity index (χ4v) is 5.07. The number of amides is 1. The minimum atomic E-state index is -0.784. The van der Waals surface area contributed by atoms with Crippen molar-refractivity contribution in [2.75, 3.05) is 6.61 Å². The second-order valence-corrected chi connectivity index (χ2v) is 8.24. The van der Waals surface area contributed by atoms with Crippen molar-refractivity contribution in [3.8, 4) is 0 Å². The SMILES string of the molecule is O=C(OCc1ccccc1)C1C(=O)N2[C@H](OC[C@H]2c2ccccc2)[C@H]2CC=CC[C@@H]12. The van der Waals surface area contributed by atoms with Gasteiger partial charge in [0.2, 0.25) is 5.91 Å². The lowest BCUT2D eigenvalue weighted by molar-refractivity contribution is -0.176. The lowest BCUT2D eigenvalue weighted by Gasteiger charge is -2.46. The quantitative estimate of drug-likeness (QED) is 0.442. The van der Waals surface area contributed by atoms with Gasteiger partial charge in [-0.3, -0.25) is 9.59 Å². The Balaban J connectivity index is 1.42. The number of carbonyl (C=O) groups is 2. The molecule has 1 amide bonds. The molecule has 2 saturated heterocycles. The van der Waals surface area contributed by atoms with Gasteiger partial charge in [-0.2, -0.15) is 0 Å². The van der Waals surface area contributed by atoms with Crippen LogP contribution in [0.2, 0.25) is 0 Å². The third kappa shape index (κ3) is 3.33. The second kappa shape index (κ2) is 8.07. The number of fused-ring (bicyclic) bond motifs is 3. The Morgan fingerprint density at radius 2 is 1.63 bits per heavy atom. The largest absolute Gasteiger partial charge is 0.460 e. The van der Waals surface area contributed by atoms with E-state index in [2.05, 4.69) is 12.2 Å². The molecular formula is C25H25NO4. The summed E-state index contributed by atoms with van der Waals surface area (Å²) >= 11 is 0. The Kier molecular flexibility index (Phi) is 5.13. The molecule has 3 aliphatic rings. The van der Waals surface area contributed by atoms with Gasteiger partial charge < -0.3 is 14.4 Å². The number of piperidine rings is 1. The second-order valence-electron chi connectivity index (χ2n) is 8.24. The van der Waals surface area contributed by atoms with Gasteiger partial charge in [0.05, 0.1) is 12.6 Å². The zero-order valence-corrected chi connectivity index (χ0v) is 16.7. The van der Waals surface area contributed by atoms with Gasteiger partial charge in [-0.1, -0.05) is 72.8 Å². The van der Waals surface area contributed by atoms with E-state index in [1.54, 1.807) is 0 Å². The molecule has 2 fully saturated rings. The molecule has 0 N–H and O–H groups in total. The molecule has 5 atom stereocenters. The fourth-order valence-electron chi connectivity index (χ4n) is 5.07. The lowest BCUT2D eigenvalue weighted by atomic mass is 9.70. The Morgan fingerprint density at radius 3 is 2.37 bits per heavy atom. The van der Waals surface area contributed by atoms with Gasteiger partial charge in [-0.05, 0) is 29.9 Å². The number of rotatable bonds is 4. The van der Waals surface area contributed by atoms with E-state index < -0.39 is 11.9 Å². The van der Waals surface area contributed by atoms with Crippen molar-refractivity contribution in [3.05, 3.63) is 83.9 Å². The van der Waals surface area contributed by atoms with Gasteiger partial charge in [0.15, 0.2) is 0 Å². The summed E-state index contributed by atoms with van der Waals surface area (Å²) in [7, 11) is 0. The van der Waals surface area contributed by atoms with Crippen LogP contribution in [-0.4, -0.2) is 29.6 Å². The minimum Gasteiger partial charge on any atom is -0.460 e. The van der Waals surface area contributed by atoms with Crippen LogP contribution in [0, 0.1) is 17.8 Å². The summed E-state index contributed by atoms with van der Waals surface area (Å²) in [6.07, 6.45) is 5.44. The maximum absolute atomic E-state index is 13.6. The predicted molar refractivity (Wildman–Crippen MR) is 111 cm³/mol. The van der Waals surface area contributed by atoms with E-state index in [1.807, 2.05) is 65.6 Å². The molecule has 5 nitrogen and oxygen atoms in total. The number of hydrogen-bond acceptors (Lipinski definition) is 4. The van der Waals surface area contributed by atoms with Gasteiger partial charge in [0.1, 0.15) is 18.8 Å². The van der Waals surface area contributed by atoms with E-state index in [4.69, 9.17) is 9.47 Å². The lowest BCUT2D eigenvalue weighted by Crippen LogP contribution is -2.57. The Bertz CT molecular complexity index is 942. The van der Waals surface area contributed by atoms with Crippen molar-refractivity contribution in [2.45, 2.75) is 31.7 Å². The van der Waals surface area contributed by atoms with Crippen molar-refractivity contribution < 1.29 is 19.1 Å². The first-order chi connectivity index (χ1) is 14.7. The number of ether oxygens (including phenoxy) is 2. The first-order valence-corrected chi connectivity index (χ1v) is 10.6. The van der Waals surface area contributed by atoms with Gasteiger partial charge in [-0.25, -0.2) is 0 Å². The van der Waals surface area contributed by atoms with Crippen molar-refractivity contribution in [1.82, 2.24) is 4.90 Å². The van der Waals surface area contributed by atoms with Crippen LogP contribution in [0.4, 0.5) is 0 Å². The average molecular weight is 403 g/mol. The van der Waals surface area contributed by atoms with Gasteiger partial charge >= 0.3 is 5.97 Å². The van der Waals surface area contributed by atoms with Crippen LogP contribution in [-0.2, 0) is 25.7 Å². The standard InChI is InChI=1S/C25H25NO4/c27-23-22(25(28)30-15-17-9-3-1-4-10-17)19-13-7-8-14-20(19)24-26(23)21(16-29-24)18-11-5-2-6-12-18/h1-12,19-22,24H,13-16H2/t19-,20+,21+,22?,24-/m1/s1. The van der Waals surface area contributed by atoms with Crippen LogP contribution in [0.5, 0.6) is 0 Å². The minimum absolute atomic E-state index is 0.0819. The Morgan fingerprint density at radius 1 is 0.967 bits per heavy atom. The van der Waals surface area contributed by atoms with Gasteiger partial charge in [0, 0.05) is 5.92 Å². The molecule has 2 aromatic rings. The van der Waals surface area contributed by atoms with Crippen molar-refractivity contribution >= 4 is 11.9 Å². The van der Waals surface area contributed by atoms with Crippen LogP contribution in [0.1, 0.15) is 30.0 Å². The van der Waals surface area contributed by atoms with Gasteiger partial charge in [0.25, 0.3) is 0 Å². The third-order valence-corrected chi connectivity index (χ3v) is 6.55. The molecule has 0 spiro atoms. The van der Waals surface area contributed by atoms with E-state index in [0.717, 1.165) is 17.5 Å². The first-order valence-electron chi connectivity index (χ1n) is 10.6. The maximum atomic E-state index is 13.6. The zero-order valence-electron chi connectivity index (χ0n) is 16.7. The summed E-state index contributed by atoms with van der Waals surface area (Å²) < 4.78 is 11.8. The highest BCUT2D eigenvalue weighted by Gasteiger charge is 2.56. The topological polar surface area (TPSA) is 55.8 Å². The molecule has 0 bridgehead atoms. The van der Waals surface area contributed by atoms with Gasteiger partial charge in [-0.15, -0.1) is 0 Å². The van der Waals surface area contributed by atoms with E-state index in [1.165, 1.54) is 0 Å². The highest BCUT2D eigenvalue weighted by Crippen LogP contribution is 2.47. The fraction of sp³-hybridized carbons (Fsp3) is 0.360. The summed E-state index contributed by atoms with van der Waals surface area (Å²) in [5, 5.41) is 0. The summed E-state index contributed by atoms with van der Waals surface area (Å²) in [6, 6.07) is 19.3. The molecule has 0 radical (unpaired) electrons. The molecule has 2 aliphatic heterocycles. The molecule has 2 aromatic carbocycles. The Labute approximate surface area is 176 Å². The number of carbonyl (C=O) groups excluding carboxylic acids is 2. The van der Waals surface area contributed by atoms with E-state index in [0.29, 0.717) is 13.0 Å². The normalized spacial score (nSPS) is 29.9. The number of nitrogens with zero attached hydrogens (tertiary/aromatic N) is 1. The monoisotopic (exact) mass is 403 g/mol. The summed E-state index contributed by atoms with van der Waals surface area (Å²) in [5.41, 5.74) is 1.95. The summed E-state index contributed by atoms with van der Waals surface area (Å²) in [5.74, 6) is -1.35. The number of benzene rings is 2. The number of allylic oxidation sites excluding steroid dienone is 2. The van der Waals surface area contributed by atoms with E-state index in [-0.39, 0.29) is 36.6 Å². The van der Waals surface area contributed by atoms with Crippen molar-refractivity contribution in [2.24, 2.45) is 17.8 Å². The van der Waals surface area contributed by atoms with Crippen LogP contribution in [0.25, 0.3) is 0 Å². The van der Waals surface area contributed by atoms with Crippen molar-refractivity contribution in [1.29, 1.82) is 0 Å². The first kappa shape index (κ1) is 19.1. The average Bonchev–Trinajstić information content (AvgIpc) is 3.25. The highest BCUT2D eigenvalue weighted by atomic mass is 16.5. The van der Waals surface area contributed by atoms with E-state index >= 15 is 0 Å². The molecule has 0 saturated carbocycles. The number of hydrogen-bond donors (Lipinski definition) is 0. The molecule has 0 aromatic heterocycles. The molecule has 5 heteroatoms. The molecule has 30 heavy (non-hydrogen) atoms. The molecule has 154 valence electrons. The van der Waals surface area contributed by atoms with Crippen LogP contribution in [0.3, 0.4) is 0 Å². The smallest absolute Gasteiger partial charge is 0.319 e. The Hall–Kier alpha value is -2.92. The van der Waals surface area contributed by atoms with Crippen LogP contribution >= 0.6 is 0 Å². The molecule has 5 rings (SSSR count). The molecule has 2 heterocycles. The molecule has 1 unspecified atom stereocenters. The zero-order chi connectivity index (χ0) is 20.5. The maximum Gasteiger partial charge on any atom is 0.319 e. The summed E-state index contributed by atoms with van der Waals surface area (Å²) in [6.45, 7) is 0.637. The molecular weight excluding hydrogens is 378 g/mol. The summed E-state index contributed by atoms with van der Waals surface area (Å²) in [4.78, 5) is 28.6. The van der Waals surface area contributed by atoms with Crippen LogP contribution < -0.4 is 0 Å². The van der Waals surface area contributed by atoms with Crippen LogP contribution in [0.15, 0.2) is 72.8 Å². The highest BCUT2D eigenvalue weighted by molar-refractivity contribution is 5.99. The predicted octanol–water partition coefficient (Wildman–Crippen LogP) is 3.87.